The summed E-state index contributed by atoms with van der Waals surface area (Å²) in [6.07, 6.45) is 2.06. The highest BCUT2D eigenvalue weighted by Gasteiger charge is 2.25. The Kier molecular flexibility index (Phi) is 4.42. The van der Waals surface area contributed by atoms with E-state index in [2.05, 4.69) is 15.9 Å². The molecule has 0 bridgehead atoms. The maximum Gasteiger partial charge on any atom is 0.122 e. The van der Waals surface area contributed by atoms with Crippen LogP contribution in [0.25, 0.3) is 0 Å². The van der Waals surface area contributed by atoms with Gasteiger partial charge in [-0.15, -0.1) is 0 Å². The average Bonchev–Trinajstić information content (AvgIpc) is 2.83. The highest BCUT2D eigenvalue weighted by molar-refractivity contribution is 9.10. The smallest absolute Gasteiger partial charge is 0.122 e. The fourth-order valence-electron chi connectivity index (χ4n) is 2.17. The summed E-state index contributed by atoms with van der Waals surface area (Å²) in [6, 6.07) is 5.82. The fraction of sp³-hybridized carbons (Fsp3) is 0.538. The van der Waals surface area contributed by atoms with Crippen LogP contribution in [0.4, 0.5) is 0 Å². The third-order valence-corrected chi connectivity index (χ3v) is 3.56. The second-order valence-electron chi connectivity index (χ2n) is 4.28. The number of halogens is 1. The minimum Gasteiger partial charge on any atom is -0.496 e. The zero-order valence-corrected chi connectivity index (χ0v) is 11.4. The summed E-state index contributed by atoms with van der Waals surface area (Å²) in [7, 11) is 1.64. The van der Waals surface area contributed by atoms with Gasteiger partial charge >= 0.3 is 0 Å². The molecule has 1 aromatic rings. The molecule has 1 fully saturated rings. The summed E-state index contributed by atoms with van der Waals surface area (Å²) in [6.45, 7) is 0.761. The van der Waals surface area contributed by atoms with Gasteiger partial charge in [-0.05, 0) is 36.6 Å². The van der Waals surface area contributed by atoms with E-state index in [-0.39, 0.29) is 6.10 Å². The molecule has 94 valence electrons. The minimum absolute atomic E-state index is 0.0290. The molecule has 0 aromatic heterocycles. The Morgan fingerprint density at radius 1 is 1.59 bits per heavy atom. The summed E-state index contributed by atoms with van der Waals surface area (Å²) in [5.41, 5.74) is 1.00. The van der Waals surface area contributed by atoms with Gasteiger partial charge in [0.1, 0.15) is 5.75 Å². The molecule has 1 aliphatic heterocycles. The highest BCUT2D eigenvalue weighted by Crippen LogP contribution is 2.26. The normalized spacial score (nSPS) is 21.5. The first-order valence-electron chi connectivity index (χ1n) is 5.83. The van der Waals surface area contributed by atoms with Crippen LogP contribution in [0.15, 0.2) is 22.7 Å². The van der Waals surface area contributed by atoms with E-state index < -0.39 is 6.10 Å². The van der Waals surface area contributed by atoms with Gasteiger partial charge in [0.05, 0.1) is 19.3 Å². The van der Waals surface area contributed by atoms with E-state index in [9.17, 15) is 5.11 Å². The van der Waals surface area contributed by atoms with Crippen molar-refractivity contribution >= 4 is 15.9 Å². The lowest BCUT2D eigenvalue weighted by Gasteiger charge is -2.18. The van der Waals surface area contributed by atoms with Crippen LogP contribution in [0, 0.1) is 0 Å². The second-order valence-corrected chi connectivity index (χ2v) is 5.19. The molecule has 2 unspecified atom stereocenters. The quantitative estimate of drug-likeness (QED) is 0.929. The number of ether oxygens (including phenoxy) is 2. The summed E-state index contributed by atoms with van der Waals surface area (Å²) in [4.78, 5) is 0. The molecule has 17 heavy (non-hydrogen) atoms. The first kappa shape index (κ1) is 12.9. The van der Waals surface area contributed by atoms with Crippen molar-refractivity contribution in [2.45, 2.75) is 31.5 Å². The Balaban J connectivity index is 2.08. The van der Waals surface area contributed by atoms with Crippen molar-refractivity contribution in [2.24, 2.45) is 0 Å². The number of rotatable bonds is 4. The molecule has 1 N–H and O–H groups in total. The molecule has 2 atom stereocenters. The fourth-order valence-corrected chi connectivity index (χ4v) is 2.58. The lowest BCUT2D eigenvalue weighted by Crippen LogP contribution is -2.27. The molecule has 2 rings (SSSR count). The SMILES string of the molecule is COc1ccc(Br)cc1CC(O)C1CCCO1. The van der Waals surface area contributed by atoms with Crippen molar-refractivity contribution in [2.75, 3.05) is 13.7 Å². The van der Waals surface area contributed by atoms with Crippen LogP contribution in [-0.4, -0.2) is 31.0 Å². The van der Waals surface area contributed by atoms with Crippen molar-refractivity contribution in [1.82, 2.24) is 0 Å². The number of aliphatic hydroxyl groups excluding tert-OH is 1. The molecule has 0 spiro atoms. The summed E-state index contributed by atoms with van der Waals surface area (Å²) in [5.74, 6) is 0.810. The van der Waals surface area contributed by atoms with Gasteiger partial charge in [0.25, 0.3) is 0 Å². The van der Waals surface area contributed by atoms with Crippen LogP contribution < -0.4 is 4.74 Å². The Hall–Kier alpha value is -0.580. The van der Waals surface area contributed by atoms with E-state index in [1.54, 1.807) is 7.11 Å². The topological polar surface area (TPSA) is 38.7 Å². The zero-order chi connectivity index (χ0) is 12.3. The maximum absolute atomic E-state index is 10.1. The Labute approximate surface area is 110 Å². The van der Waals surface area contributed by atoms with Crippen LogP contribution in [0.1, 0.15) is 18.4 Å². The highest BCUT2D eigenvalue weighted by atomic mass is 79.9. The average molecular weight is 301 g/mol. The molecule has 0 radical (unpaired) electrons. The van der Waals surface area contributed by atoms with Gasteiger partial charge in [-0.2, -0.15) is 0 Å². The van der Waals surface area contributed by atoms with E-state index >= 15 is 0 Å². The van der Waals surface area contributed by atoms with Crippen LogP contribution in [0.3, 0.4) is 0 Å². The van der Waals surface area contributed by atoms with Crippen LogP contribution in [0.2, 0.25) is 0 Å². The van der Waals surface area contributed by atoms with Gasteiger partial charge in [0.2, 0.25) is 0 Å². The molecule has 4 heteroatoms. The van der Waals surface area contributed by atoms with Crippen LogP contribution >= 0.6 is 15.9 Å². The van der Waals surface area contributed by atoms with E-state index in [4.69, 9.17) is 9.47 Å². The van der Waals surface area contributed by atoms with Gasteiger partial charge < -0.3 is 14.6 Å². The standard InChI is InChI=1S/C13H17BrO3/c1-16-12-5-4-10(14)7-9(12)8-11(15)13-3-2-6-17-13/h4-5,7,11,13,15H,2-3,6,8H2,1H3. The molecule has 1 aliphatic rings. The third-order valence-electron chi connectivity index (χ3n) is 3.07. The lowest BCUT2D eigenvalue weighted by atomic mass is 10.0. The first-order chi connectivity index (χ1) is 8.20. The lowest BCUT2D eigenvalue weighted by molar-refractivity contribution is -0.000999. The Morgan fingerprint density at radius 3 is 3.06 bits per heavy atom. The molecule has 0 aliphatic carbocycles. The van der Waals surface area contributed by atoms with Gasteiger partial charge in [-0.25, -0.2) is 0 Å². The molecule has 0 amide bonds. The molecular weight excluding hydrogens is 284 g/mol. The van der Waals surface area contributed by atoms with Crippen LogP contribution in [-0.2, 0) is 11.2 Å². The number of hydrogen-bond donors (Lipinski definition) is 1. The third kappa shape index (κ3) is 3.21. The van der Waals surface area contributed by atoms with E-state index in [1.807, 2.05) is 18.2 Å². The van der Waals surface area contributed by atoms with Gasteiger partial charge in [0.15, 0.2) is 0 Å². The number of aliphatic hydroxyl groups is 1. The molecule has 1 heterocycles. The van der Waals surface area contributed by atoms with Crippen LogP contribution in [0.5, 0.6) is 5.75 Å². The zero-order valence-electron chi connectivity index (χ0n) is 9.86. The van der Waals surface area contributed by atoms with Crippen molar-refractivity contribution in [3.8, 4) is 5.75 Å². The first-order valence-corrected chi connectivity index (χ1v) is 6.62. The predicted octanol–water partition coefficient (Wildman–Crippen LogP) is 2.54. The molecule has 1 saturated heterocycles. The van der Waals surface area contributed by atoms with Crippen molar-refractivity contribution < 1.29 is 14.6 Å². The molecule has 0 saturated carbocycles. The second kappa shape index (κ2) is 5.85. The van der Waals surface area contributed by atoms with Crippen molar-refractivity contribution in [1.29, 1.82) is 0 Å². The monoisotopic (exact) mass is 300 g/mol. The summed E-state index contributed by atoms with van der Waals surface area (Å²) < 4.78 is 11.8. The van der Waals surface area contributed by atoms with Gasteiger partial charge in [-0.3, -0.25) is 0 Å². The van der Waals surface area contributed by atoms with Crippen molar-refractivity contribution in [3.63, 3.8) is 0 Å². The number of methoxy groups -OCH3 is 1. The Morgan fingerprint density at radius 2 is 2.41 bits per heavy atom. The van der Waals surface area contributed by atoms with E-state index in [1.165, 1.54) is 0 Å². The molecule has 3 nitrogen and oxygen atoms in total. The largest absolute Gasteiger partial charge is 0.496 e. The Bertz CT molecular complexity index is 375. The summed E-state index contributed by atoms with van der Waals surface area (Å²) >= 11 is 3.43. The van der Waals surface area contributed by atoms with E-state index in [0.717, 1.165) is 35.2 Å². The summed E-state index contributed by atoms with van der Waals surface area (Å²) in [5, 5.41) is 10.1. The number of hydrogen-bond acceptors (Lipinski definition) is 3. The van der Waals surface area contributed by atoms with Crippen molar-refractivity contribution in [3.05, 3.63) is 28.2 Å². The predicted molar refractivity (Wildman–Crippen MR) is 69.4 cm³/mol. The molecular formula is C13H17BrO3. The van der Waals surface area contributed by atoms with Gasteiger partial charge in [0, 0.05) is 17.5 Å². The maximum atomic E-state index is 10.1. The van der Waals surface area contributed by atoms with Gasteiger partial charge in [-0.1, -0.05) is 15.9 Å². The molecule has 1 aromatic carbocycles. The minimum atomic E-state index is -0.458. The van der Waals surface area contributed by atoms with E-state index in [0.29, 0.717) is 6.42 Å². The number of benzene rings is 1.